The van der Waals surface area contributed by atoms with Gasteiger partial charge in [0.25, 0.3) is 0 Å². The van der Waals surface area contributed by atoms with Gasteiger partial charge < -0.3 is 9.47 Å². The van der Waals surface area contributed by atoms with Gasteiger partial charge in [-0.05, 0) is 54.3 Å². The molecule has 0 radical (unpaired) electrons. The molecule has 2 unspecified atom stereocenters. The van der Waals surface area contributed by atoms with E-state index in [0.717, 1.165) is 11.5 Å². The standard InChI is InChI=1S/C16H22Br2O2/c1-15(2,3)9-7-10(16(4,5)6)12-11(8-9)19-13(17)14(18)20-12/h7-8,13-14H,1-6H3. The first-order chi connectivity index (χ1) is 9.00. The molecular weight excluding hydrogens is 384 g/mol. The Morgan fingerprint density at radius 1 is 0.850 bits per heavy atom. The fourth-order valence-electron chi connectivity index (χ4n) is 2.14. The van der Waals surface area contributed by atoms with Crippen LogP contribution < -0.4 is 9.47 Å². The number of alkyl halides is 2. The maximum absolute atomic E-state index is 6.01. The third-order valence-electron chi connectivity index (χ3n) is 3.40. The van der Waals surface area contributed by atoms with Gasteiger partial charge in [0.1, 0.15) is 0 Å². The van der Waals surface area contributed by atoms with Gasteiger partial charge >= 0.3 is 0 Å². The van der Waals surface area contributed by atoms with Crippen molar-refractivity contribution in [1.82, 2.24) is 0 Å². The molecule has 2 nitrogen and oxygen atoms in total. The molecule has 20 heavy (non-hydrogen) atoms. The number of hydrogen-bond donors (Lipinski definition) is 0. The first-order valence-electron chi connectivity index (χ1n) is 6.80. The summed E-state index contributed by atoms with van der Waals surface area (Å²) in [6, 6.07) is 4.34. The number of hydrogen-bond acceptors (Lipinski definition) is 2. The van der Waals surface area contributed by atoms with Crippen LogP contribution in [0.2, 0.25) is 0 Å². The molecule has 4 heteroatoms. The maximum atomic E-state index is 6.01. The second-order valence-corrected chi connectivity index (χ2v) is 9.09. The first-order valence-corrected chi connectivity index (χ1v) is 8.64. The van der Waals surface area contributed by atoms with Gasteiger partial charge in [-0.15, -0.1) is 0 Å². The molecule has 1 aliphatic heterocycles. The summed E-state index contributed by atoms with van der Waals surface area (Å²) in [5, 5.41) is -0.366. The van der Waals surface area contributed by atoms with Gasteiger partial charge in [0, 0.05) is 5.56 Å². The van der Waals surface area contributed by atoms with Crippen molar-refractivity contribution in [3.63, 3.8) is 0 Å². The van der Waals surface area contributed by atoms with E-state index in [0.29, 0.717) is 0 Å². The van der Waals surface area contributed by atoms with Gasteiger partial charge in [-0.3, -0.25) is 0 Å². The van der Waals surface area contributed by atoms with E-state index in [2.05, 4.69) is 85.5 Å². The zero-order valence-electron chi connectivity index (χ0n) is 12.9. The highest BCUT2D eigenvalue weighted by Gasteiger charge is 2.34. The van der Waals surface area contributed by atoms with Gasteiger partial charge in [-0.25, -0.2) is 0 Å². The predicted molar refractivity (Wildman–Crippen MR) is 90.5 cm³/mol. The Labute approximate surface area is 138 Å². The van der Waals surface area contributed by atoms with E-state index >= 15 is 0 Å². The lowest BCUT2D eigenvalue weighted by molar-refractivity contribution is 0.131. The van der Waals surface area contributed by atoms with E-state index in [1.165, 1.54) is 11.1 Å². The number of benzene rings is 1. The molecule has 1 aromatic rings. The lowest BCUT2D eigenvalue weighted by atomic mass is 9.80. The summed E-state index contributed by atoms with van der Waals surface area (Å²) >= 11 is 6.97. The summed E-state index contributed by atoms with van der Waals surface area (Å²) in [5.74, 6) is 1.67. The van der Waals surface area contributed by atoms with Crippen molar-refractivity contribution in [2.45, 2.75) is 62.4 Å². The Kier molecular flexibility index (Phi) is 4.20. The summed E-state index contributed by atoms with van der Waals surface area (Å²) in [5.41, 5.74) is 2.52. The molecule has 0 bridgehead atoms. The van der Waals surface area contributed by atoms with Crippen LogP contribution in [0.5, 0.6) is 11.5 Å². The minimum Gasteiger partial charge on any atom is -0.470 e. The summed E-state index contributed by atoms with van der Waals surface area (Å²) in [6.45, 7) is 13.2. The van der Waals surface area contributed by atoms with Crippen LogP contribution in [0.3, 0.4) is 0 Å². The monoisotopic (exact) mass is 404 g/mol. The van der Waals surface area contributed by atoms with Crippen molar-refractivity contribution in [3.8, 4) is 11.5 Å². The molecule has 1 aromatic carbocycles. The van der Waals surface area contributed by atoms with Crippen LogP contribution in [0.25, 0.3) is 0 Å². The lowest BCUT2D eigenvalue weighted by Gasteiger charge is -2.34. The third-order valence-corrected chi connectivity index (χ3v) is 5.45. The number of halogens is 2. The SMILES string of the molecule is CC(C)(C)c1cc2c(c(C(C)(C)C)c1)OC(Br)C(Br)O2. The normalized spacial score (nSPS) is 22.8. The van der Waals surface area contributed by atoms with Crippen molar-refractivity contribution >= 4 is 31.9 Å². The Hall–Kier alpha value is -0.220. The molecule has 0 spiro atoms. The topological polar surface area (TPSA) is 18.5 Å². The average Bonchev–Trinajstić information content (AvgIpc) is 2.26. The van der Waals surface area contributed by atoms with E-state index in [9.17, 15) is 0 Å². The second kappa shape index (κ2) is 5.20. The highest BCUT2D eigenvalue weighted by Crippen LogP contribution is 2.46. The van der Waals surface area contributed by atoms with Crippen LogP contribution in [0, 0.1) is 0 Å². The highest BCUT2D eigenvalue weighted by atomic mass is 79.9. The van der Waals surface area contributed by atoms with E-state index in [1.807, 2.05) is 0 Å². The largest absolute Gasteiger partial charge is 0.470 e. The predicted octanol–water partition coefficient (Wildman–Crippen LogP) is 5.49. The lowest BCUT2D eigenvalue weighted by Crippen LogP contribution is -2.32. The number of rotatable bonds is 0. The van der Waals surface area contributed by atoms with Gasteiger partial charge in [0.15, 0.2) is 21.5 Å². The Morgan fingerprint density at radius 3 is 1.90 bits per heavy atom. The van der Waals surface area contributed by atoms with Crippen LogP contribution in [0.4, 0.5) is 0 Å². The van der Waals surface area contributed by atoms with Crippen molar-refractivity contribution in [2.75, 3.05) is 0 Å². The molecule has 112 valence electrons. The zero-order valence-corrected chi connectivity index (χ0v) is 16.1. The minimum atomic E-state index is -0.184. The Balaban J connectivity index is 2.64. The average molecular weight is 406 g/mol. The third kappa shape index (κ3) is 3.16. The quantitative estimate of drug-likeness (QED) is 0.531. The molecule has 0 aromatic heterocycles. The van der Waals surface area contributed by atoms with E-state index in [-0.39, 0.29) is 20.9 Å². The number of fused-ring (bicyclic) bond motifs is 1. The summed E-state index contributed by atoms with van der Waals surface area (Å²) in [4.78, 5) is 0. The molecular formula is C16H22Br2O2. The molecule has 2 rings (SSSR count). The van der Waals surface area contributed by atoms with Crippen molar-refractivity contribution in [1.29, 1.82) is 0 Å². The van der Waals surface area contributed by atoms with Crippen LogP contribution in [0.15, 0.2) is 12.1 Å². The van der Waals surface area contributed by atoms with Crippen molar-refractivity contribution < 1.29 is 9.47 Å². The van der Waals surface area contributed by atoms with Crippen LogP contribution >= 0.6 is 31.9 Å². The van der Waals surface area contributed by atoms with Crippen LogP contribution in [-0.2, 0) is 10.8 Å². The number of ether oxygens (including phenoxy) is 2. The molecule has 0 saturated heterocycles. The summed E-state index contributed by atoms with van der Waals surface area (Å²) in [6.07, 6.45) is 0. The van der Waals surface area contributed by atoms with Crippen LogP contribution in [0.1, 0.15) is 52.7 Å². The van der Waals surface area contributed by atoms with E-state index in [4.69, 9.17) is 9.47 Å². The van der Waals surface area contributed by atoms with E-state index < -0.39 is 0 Å². The van der Waals surface area contributed by atoms with Gasteiger partial charge in [-0.1, -0.05) is 47.6 Å². The maximum Gasteiger partial charge on any atom is 0.200 e. The minimum absolute atomic E-state index is 0.000568. The highest BCUT2D eigenvalue weighted by molar-refractivity contribution is 9.12. The molecule has 0 fully saturated rings. The first kappa shape index (κ1) is 16.2. The second-order valence-electron chi connectivity index (χ2n) is 7.29. The van der Waals surface area contributed by atoms with E-state index in [1.54, 1.807) is 0 Å². The molecule has 0 saturated carbocycles. The molecule has 0 aliphatic carbocycles. The van der Waals surface area contributed by atoms with Gasteiger partial charge in [0.05, 0.1) is 0 Å². The fraction of sp³-hybridized carbons (Fsp3) is 0.625. The molecule has 0 amide bonds. The van der Waals surface area contributed by atoms with Gasteiger partial charge in [-0.2, -0.15) is 0 Å². The van der Waals surface area contributed by atoms with Crippen molar-refractivity contribution in [3.05, 3.63) is 23.3 Å². The Morgan fingerprint density at radius 2 is 1.40 bits per heavy atom. The summed E-state index contributed by atoms with van der Waals surface area (Å²) < 4.78 is 12.0. The smallest absolute Gasteiger partial charge is 0.200 e. The molecule has 0 N–H and O–H groups in total. The van der Waals surface area contributed by atoms with Gasteiger partial charge in [0.2, 0.25) is 0 Å². The molecule has 1 heterocycles. The molecule has 2 atom stereocenters. The van der Waals surface area contributed by atoms with Crippen LogP contribution in [-0.4, -0.2) is 10.0 Å². The van der Waals surface area contributed by atoms with Crippen molar-refractivity contribution in [2.24, 2.45) is 0 Å². The Bertz CT molecular complexity index is 512. The zero-order chi connectivity index (χ0) is 15.3. The molecule has 1 aliphatic rings. The fourth-order valence-corrected chi connectivity index (χ4v) is 2.75. The summed E-state index contributed by atoms with van der Waals surface area (Å²) in [7, 11) is 0.